The average Bonchev–Trinajstić information content (AvgIpc) is 3.00. The van der Waals surface area contributed by atoms with Crippen molar-refractivity contribution in [1.29, 1.82) is 0 Å². The van der Waals surface area contributed by atoms with Crippen LogP contribution in [0.4, 0.5) is 11.4 Å². The lowest BCUT2D eigenvalue weighted by molar-refractivity contribution is -0.117. The summed E-state index contributed by atoms with van der Waals surface area (Å²) in [6.45, 7) is 17.8. The molecule has 4 aromatic rings. The van der Waals surface area contributed by atoms with Gasteiger partial charge < -0.3 is 19.7 Å². The van der Waals surface area contributed by atoms with Crippen molar-refractivity contribution >= 4 is 46.1 Å². The molecule has 4 rings (SSSR count). The summed E-state index contributed by atoms with van der Waals surface area (Å²) >= 11 is 3.27. The molecule has 0 aliphatic rings. The number of carbonyl (C=O) groups is 2. The maximum atomic E-state index is 14.4. The van der Waals surface area contributed by atoms with Crippen molar-refractivity contribution in [2.24, 2.45) is 0 Å². The molecule has 0 aliphatic carbocycles. The molecule has 266 valence electrons. The zero-order chi connectivity index (χ0) is 37.3. The molecule has 0 aromatic heterocycles. The molecule has 2 N–H and O–H groups in total. The van der Waals surface area contributed by atoms with E-state index in [1.165, 1.54) is 23.1 Å². The van der Waals surface area contributed by atoms with Gasteiger partial charge >= 0.3 is 5.97 Å². The van der Waals surface area contributed by atoms with Gasteiger partial charge in [-0.15, -0.1) is 0 Å². The third kappa shape index (κ3) is 8.94. The van der Waals surface area contributed by atoms with Crippen LogP contribution in [0.2, 0.25) is 5.02 Å². The Bertz CT molecular complexity index is 1910. The van der Waals surface area contributed by atoms with Gasteiger partial charge in [-0.05, 0) is 107 Å². The lowest BCUT2D eigenvalue weighted by Crippen LogP contribution is -2.41. The number of rotatable bonds is 10. The van der Waals surface area contributed by atoms with Crippen LogP contribution < -0.4 is 9.21 Å². The Hall–Kier alpha value is -4.18. The molecule has 0 spiro atoms. The second kappa shape index (κ2) is 15.0. The van der Waals surface area contributed by atoms with Crippen LogP contribution in [0.1, 0.15) is 96.4 Å². The molecule has 0 saturated heterocycles. The van der Waals surface area contributed by atoms with Gasteiger partial charge in [0.05, 0.1) is 12.2 Å². The Balaban J connectivity index is 1.82. The van der Waals surface area contributed by atoms with Crippen LogP contribution in [0.3, 0.4) is 0 Å². The van der Waals surface area contributed by atoms with Crippen LogP contribution in [-0.2, 0) is 39.9 Å². The number of phenols is 1. The van der Waals surface area contributed by atoms with Crippen molar-refractivity contribution in [3.63, 3.8) is 0 Å². The van der Waals surface area contributed by atoms with E-state index in [2.05, 4.69) is 47.6 Å². The third-order valence-corrected chi connectivity index (χ3v) is 9.91. The van der Waals surface area contributed by atoms with Crippen LogP contribution in [0.25, 0.3) is 0 Å². The molecule has 0 radical (unpaired) electrons. The normalized spacial score (nSPS) is 12.5. The molecule has 1 atom stereocenters. The van der Waals surface area contributed by atoms with Crippen LogP contribution in [0, 0.1) is 20.8 Å². The van der Waals surface area contributed by atoms with Crippen molar-refractivity contribution in [2.45, 2.75) is 86.1 Å². The summed E-state index contributed by atoms with van der Waals surface area (Å²) in [5.74, 6) is -2.38. The lowest BCUT2D eigenvalue weighted by atomic mass is 9.79. The molecule has 8 nitrogen and oxygen atoms in total. The maximum Gasteiger partial charge on any atom is 0.339 e. The number of halogens is 1. The number of benzene rings is 4. The second-order valence-corrected chi connectivity index (χ2v) is 16.2. The summed E-state index contributed by atoms with van der Waals surface area (Å²) in [6, 6.07) is 19.5. The molecule has 50 heavy (non-hydrogen) atoms. The fraction of sp³-hybridized carbons (Fsp3) is 0.350. The Morgan fingerprint density at radius 2 is 1.40 bits per heavy atom. The number of nitrogens with zero attached hydrogens (tertiary/aromatic N) is 2. The highest BCUT2D eigenvalue weighted by Crippen LogP contribution is 2.35. The van der Waals surface area contributed by atoms with Gasteiger partial charge in [-0.2, -0.15) is 0 Å². The molecular weight excluding hydrogens is 672 g/mol. The number of carboxylic acids is 1. The predicted octanol–water partition coefficient (Wildman–Crippen LogP) is 8.69. The van der Waals surface area contributed by atoms with Gasteiger partial charge in [0, 0.05) is 28.0 Å². The van der Waals surface area contributed by atoms with Gasteiger partial charge in [0.25, 0.3) is 0 Å². The zero-order valence-electron chi connectivity index (χ0n) is 30.2. The summed E-state index contributed by atoms with van der Waals surface area (Å²) in [5.41, 5.74) is 7.23. The van der Waals surface area contributed by atoms with Crippen molar-refractivity contribution in [3.05, 3.63) is 122 Å². The highest BCUT2D eigenvalue weighted by molar-refractivity contribution is 7.80. The van der Waals surface area contributed by atoms with Gasteiger partial charge in [0.2, 0.25) is 5.91 Å². The zero-order valence-corrected chi connectivity index (χ0v) is 31.8. The Morgan fingerprint density at radius 3 is 1.90 bits per heavy atom. The topological polar surface area (TPSA) is 121 Å². The standard InChI is InChI=1S/C40H47ClN2O6S/c1-24-16-25(2)37(26(3)34(24)19-27-10-12-31(41)13-11-27)43(50(48)49)23-36(45)42(32-14-15-33(38(46)47)35(44)21-32)22-28-17-29(39(4,5)6)20-30(18-28)40(7,8)9/h10-18,20-21,44H,19,22-23H2,1-9H3,(H,46,47)(H,48,49)/p-1. The van der Waals surface area contributed by atoms with Crippen LogP contribution >= 0.6 is 11.6 Å². The summed E-state index contributed by atoms with van der Waals surface area (Å²) < 4.78 is 27.0. The monoisotopic (exact) mass is 717 g/mol. The van der Waals surface area contributed by atoms with Gasteiger partial charge in [-0.1, -0.05) is 89.5 Å². The van der Waals surface area contributed by atoms with Crippen LogP contribution in [0.15, 0.2) is 66.7 Å². The first-order valence-corrected chi connectivity index (χ1v) is 17.8. The van der Waals surface area contributed by atoms with E-state index in [0.717, 1.165) is 43.2 Å². The van der Waals surface area contributed by atoms with E-state index < -0.39 is 35.4 Å². The van der Waals surface area contributed by atoms with Crippen LogP contribution in [-0.4, -0.2) is 37.4 Å². The van der Waals surface area contributed by atoms with E-state index in [4.69, 9.17) is 11.6 Å². The van der Waals surface area contributed by atoms with Crippen molar-refractivity contribution in [2.75, 3.05) is 15.7 Å². The average molecular weight is 718 g/mol. The Labute approximate surface area is 303 Å². The first-order valence-electron chi connectivity index (χ1n) is 16.4. The highest BCUT2D eigenvalue weighted by atomic mass is 35.5. The first-order chi connectivity index (χ1) is 23.2. The summed E-state index contributed by atoms with van der Waals surface area (Å²) in [6.07, 6.45) is 0.539. The number of carbonyl (C=O) groups excluding carboxylic acids is 1. The lowest BCUT2D eigenvalue weighted by Gasteiger charge is -2.33. The smallest absolute Gasteiger partial charge is 0.339 e. The van der Waals surface area contributed by atoms with Gasteiger partial charge in [0.15, 0.2) is 0 Å². The summed E-state index contributed by atoms with van der Waals surface area (Å²) in [5, 5.41) is 20.8. The molecule has 4 aromatic carbocycles. The molecule has 0 fully saturated rings. The summed E-state index contributed by atoms with van der Waals surface area (Å²) in [4.78, 5) is 27.5. The molecule has 0 bridgehead atoms. The minimum atomic E-state index is -2.83. The number of carboxylic acid groups (broad SMARTS) is 1. The quantitative estimate of drug-likeness (QED) is 0.158. The number of aromatic hydroxyl groups is 1. The minimum absolute atomic E-state index is 0.0463. The number of hydrogen-bond donors (Lipinski definition) is 2. The SMILES string of the molecule is Cc1cc(C)c(N(CC(=O)N(Cc2cc(C(C)(C)C)cc(C(C)(C)C)c2)c2ccc(C(=O)O)c(O)c2)S(=O)[O-])c(C)c1Cc1ccc(Cl)cc1. The Morgan fingerprint density at radius 1 is 0.820 bits per heavy atom. The molecule has 10 heteroatoms. The van der Waals surface area contributed by atoms with Crippen LogP contribution in [0.5, 0.6) is 5.75 Å². The number of hydrogen-bond acceptors (Lipinski definition) is 5. The number of aromatic carboxylic acids is 1. The van der Waals surface area contributed by atoms with E-state index in [1.807, 2.05) is 63.2 Å². The predicted molar refractivity (Wildman–Crippen MR) is 201 cm³/mol. The highest BCUT2D eigenvalue weighted by Gasteiger charge is 2.27. The Kier molecular flexibility index (Phi) is 11.6. The maximum absolute atomic E-state index is 14.4. The van der Waals surface area contributed by atoms with Gasteiger partial charge in [-0.3, -0.25) is 13.3 Å². The third-order valence-electron chi connectivity index (χ3n) is 8.98. The van der Waals surface area contributed by atoms with Crippen molar-refractivity contribution in [3.8, 4) is 5.75 Å². The van der Waals surface area contributed by atoms with E-state index in [9.17, 15) is 28.6 Å². The molecule has 1 amide bonds. The molecular formula is C40H46ClN2O6S-. The fourth-order valence-electron chi connectivity index (χ4n) is 6.12. The van der Waals surface area contributed by atoms with E-state index in [-0.39, 0.29) is 28.6 Å². The van der Waals surface area contributed by atoms with Crippen molar-refractivity contribution in [1.82, 2.24) is 0 Å². The number of anilines is 2. The number of aryl methyl sites for hydroxylation is 2. The summed E-state index contributed by atoms with van der Waals surface area (Å²) in [7, 11) is 0. The minimum Gasteiger partial charge on any atom is -0.755 e. The van der Waals surface area contributed by atoms with E-state index >= 15 is 0 Å². The van der Waals surface area contributed by atoms with Gasteiger partial charge in [-0.25, -0.2) is 4.79 Å². The number of amides is 1. The molecule has 0 saturated carbocycles. The molecule has 0 heterocycles. The largest absolute Gasteiger partial charge is 0.755 e. The van der Waals surface area contributed by atoms with E-state index in [0.29, 0.717) is 22.7 Å². The van der Waals surface area contributed by atoms with Crippen molar-refractivity contribution < 1.29 is 28.6 Å². The van der Waals surface area contributed by atoms with Gasteiger partial charge in [0.1, 0.15) is 17.9 Å². The first kappa shape index (κ1) is 38.6. The fourth-order valence-corrected chi connectivity index (χ4v) is 6.89. The molecule has 0 aliphatic heterocycles. The second-order valence-electron chi connectivity index (χ2n) is 14.9. The van der Waals surface area contributed by atoms with E-state index in [1.54, 1.807) is 0 Å². The molecule has 1 unspecified atom stereocenters.